The highest BCUT2D eigenvalue weighted by Gasteiger charge is 1.96. The largest absolute Gasteiger partial charge is 0.393 e. The molecule has 0 rings (SSSR count). The summed E-state index contributed by atoms with van der Waals surface area (Å²) in [7, 11) is 3.58. The van der Waals surface area contributed by atoms with E-state index in [2.05, 4.69) is 17.1 Å². The van der Waals surface area contributed by atoms with E-state index < -0.39 is 0 Å². The zero-order valence-electron chi connectivity index (χ0n) is 9.49. The van der Waals surface area contributed by atoms with Crippen LogP contribution in [0.5, 0.6) is 0 Å². The lowest BCUT2D eigenvalue weighted by Crippen LogP contribution is -2.04. The van der Waals surface area contributed by atoms with E-state index in [0.717, 1.165) is 5.57 Å². The van der Waals surface area contributed by atoms with E-state index in [9.17, 15) is 0 Å². The summed E-state index contributed by atoms with van der Waals surface area (Å²) in [6, 6.07) is 0. The number of allylic oxidation sites excluding steroid dienone is 4. The van der Waals surface area contributed by atoms with Crippen molar-refractivity contribution in [2.24, 2.45) is 5.10 Å². The molecule has 15 heavy (non-hydrogen) atoms. The van der Waals surface area contributed by atoms with E-state index in [1.807, 2.05) is 13.0 Å². The normalized spacial score (nSPS) is 12.1. The summed E-state index contributed by atoms with van der Waals surface area (Å²) >= 11 is 0. The van der Waals surface area contributed by atoms with Gasteiger partial charge in [-0.25, -0.2) is 0 Å². The second-order valence-electron chi connectivity index (χ2n) is 2.83. The first-order chi connectivity index (χ1) is 7.15. The maximum atomic E-state index is 7.74. The molecule has 2 N–H and O–H groups in total. The van der Waals surface area contributed by atoms with Crippen LogP contribution in [0.15, 0.2) is 41.3 Å². The molecule has 0 bridgehead atoms. The van der Waals surface area contributed by atoms with Gasteiger partial charge in [0.1, 0.15) is 0 Å². The molecule has 4 nitrogen and oxygen atoms in total. The summed E-state index contributed by atoms with van der Waals surface area (Å²) in [4.78, 5) is 0. The Kier molecular flexibility index (Phi) is 6.63. The van der Waals surface area contributed by atoms with Crippen molar-refractivity contribution in [3.63, 3.8) is 0 Å². The van der Waals surface area contributed by atoms with Crippen LogP contribution in [0.4, 0.5) is 0 Å². The Balaban J connectivity index is 4.69. The number of nitrogens with zero attached hydrogens (tertiary/aromatic N) is 2. The van der Waals surface area contributed by atoms with Crippen LogP contribution in [-0.2, 0) is 0 Å². The predicted octanol–water partition coefficient (Wildman–Crippen LogP) is 1.75. The standard InChI is InChI=1S/C11H18N4/c1-5-6-11(12)10(9-13-2)7-8-15(4)14-3/h5-9,12-13H,3H2,1-2,4H3/b6-5-,8-7+,10-9-,12-11?. The highest BCUT2D eigenvalue weighted by atomic mass is 15.4. The summed E-state index contributed by atoms with van der Waals surface area (Å²) in [5.74, 6) is 0. The van der Waals surface area contributed by atoms with Gasteiger partial charge in [0.25, 0.3) is 0 Å². The SMILES string of the molecule is C=NN(C)/C=C/C(=C/NC)C(=N)/C=C\C. The van der Waals surface area contributed by atoms with Crippen molar-refractivity contribution >= 4 is 12.4 Å². The monoisotopic (exact) mass is 206 g/mol. The summed E-state index contributed by atoms with van der Waals surface area (Å²) in [6.45, 7) is 5.27. The van der Waals surface area contributed by atoms with Crippen LogP contribution in [0.1, 0.15) is 6.92 Å². The zero-order valence-corrected chi connectivity index (χ0v) is 9.49. The Morgan fingerprint density at radius 3 is 2.60 bits per heavy atom. The van der Waals surface area contributed by atoms with Crippen molar-refractivity contribution in [2.45, 2.75) is 6.92 Å². The predicted molar refractivity (Wildman–Crippen MR) is 66.1 cm³/mol. The number of hydrazone groups is 1. The van der Waals surface area contributed by atoms with Crippen molar-refractivity contribution in [1.82, 2.24) is 10.3 Å². The minimum atomic E-state index is 0.445. The molecule has 0 amide bonds. The van der Waals surface area contributed by atoms with E-state index in [-0.39, 0.29) is 0 Å². The third-order valence-electron chi connectivity index (χ3n) is 1.64. The molecule has 0 aromatic rings. The lowest BCUT2D eigenvalue weighted by molar-refractivity contribution is 0.495. The second kappa shape index (κ2) is 7.55. The van der Waals surface area contributed by atoms with Gasteiger partial charge in [-0.15, -0.1) is 0 Å². The average Bonchev–Trinajstić information content (AvgIpc) is 2.23. The molecular formula is C11H18N4. The van der Waals surface area contributed by atoms with Gasteiger partial charge in [0.15, 0.2) is 0 Å². The molecule has 0 unspecified atom stereocenters. The Hall–Kier alpha value is -1.84. The molecule has 4 heteroatoms. The van der Waals surface area contributed by atoms with Crippen molar-refractivity contribution in [3.05, 3.63) is 36.2 Å². The lowest BCUT2D eigenvalue weighted by Gasteiger charge is -2.05. The molecule has 82 valence electrons. The smallest absolute Gasteiger partial charge is 0.0623 e. The van der Waals surface area contributed by atoms with Crippen LogP contribution in [0.25, 0.3) is 0 Å². The van der Waals surface area contributed by atoms with Crippen LogP contribution in [-0.4, -0.2) is 31.5 Å². The number of rotatable bonds is 6. The van der Waals surface area contributed by atoms with E-state index in [1.165, 1.54) is 0 Å². The minimum absolute atomic E-state index is 0.445. The fraction of sp³-hybridized carbons (Fsp3) is 0.273. The average molecular weight is 206 g/mol. The highest BCUT2D eigenvalue weighted by Crippen LogP contribution is 2.01. The quantitative estimate of drug-likeness (QED) is 0.395. The fourth-order valence-electron chi connectivity index (χ4n) is 0.869. The van der Waals surface area contributed by atoms with Crippen molar-refractivity contribution in [3.8, 4) is 0 Å². The Bertz CT molecular complexity index is 300. The molecule has 0 aliphatic rings. The van der Waals surface area contributed by atoms with Gasteiger partial charge in [0, 0.05) is 38.8 Å². The molecule has 0 aromatic carbocycles. The first kappa shape index (κ1) is 13.2. The Morgan fingerprint density at radius 2 is 2.13 bits per heavy atom. The fourth-order valence-corrected chi connectivity index (χ4v) is 0.869. The summed E-state index contributed by atoms with van der Waals surface area (Å²) in [5.41, 5.74) is 1.23. The van der Waals surface area contributed by atoms with Gasteiger partial charge in [-0.1, -0.05) is 6.08 Å². The van der Waals surface area contributed by atoms with Crippen LogP contribution >= 0.6 is 0 Å². The summed E-state index contributed by atoms with van der Waals surface area (Å²) in [6.07, 6.45) is 8.86. The van der Waals surface area contributed by atoms with Crippen LogP contribution in [0.2, 0.25) is 0 Å². The first-order valence-corrected chi connectivity index (χ1v) is 4.62. The lowest BCUT2D eigenvalue weighted by atomic mass is 10.1. The number of hydrogen-bond acceptors (Lipinski definition) is 4. The van der Waals surface area contributed by atoms with Crippen LogP contribution in [0.3, 0.4) is 0 Å². The van der Waals surface area contributed by atoms with Gasteiger partial charge >= 0.3 is 0 Å². The van der Waals surface area contributed by atoms with E-state index >= 15 is 0 Å². The summed E-state index contributed by atoms with van der Waals surface area (Å²) < 4.78 is 0. The molecule has 0 saturated carbocycles. The molecule has 0 radical (unpaired) electrons. The zero-order chi connectivity index (χ0) is 11.7. The van der Waals surface area contributed by atoms with Crippen molar-refractivity contribution in [2.75, 3.05) is 14.1 Å². The number of hydrogen-bond donors (Lipinski definition) is 2. The second-order valence-corrected chi connectivity index (χ2v) is 2.83. The molecule has 0 atom stereocenters. The van der Waals surface area contributed by atoms with Gasteiger partial charge in [-0.2, -0.15) is 5.10 Å². The highest BCUT2D eigenvalue weighted by molar-refractivity contribution is 6.08. The van der Waals surface area contributed by atoms with E-state index in [1.54, 1.807) is 43.7 Å². The maximum absolute atomic E-state index is 7.74. The van der Waals surface area contributed by atoms with Gasteiger partial charge in [-0.05, 0) is 19.1 Å². The van der Waals surface area contributed by atoms with Gasteiger partial charge in [0.05, 0.1) is 5.71 Å². The third-order valence-corrected chi connectivity index (χ3v) is 1.64. The first-order valence-electron chi connectivity index (χ1n) is 4.62. The third kappa shape index (κ3) is 5.46. The molecule has 0 spiro atoms. The molecular weight excluding hydrogens is 188 g/mol. The van der Waals surface area contributed by atoms with Crippen LogP contribution in [0, 0.1) is 5.41 Å². The molecule has 0 aromatic heterocycles. The molecule has 0 fully saturated rings. The maximum Gasteiger partial charge on any atom is 0.0623 e. The van der Waals surface area contributed by atoms with Gasteiger partial charge < -0.3 is 10.7 Å². The van der Waals surface area contributed by atoms with E-state index in [4.69, 9.17) is 5.41 Å². The molecule has 0 aliphatic carbocycles. The molecule has 0 aliphatic heterocycles. The Labute approximate surface area is 91.2 Å². The molecule has 0 heterocycles. The summed E-state index contributed by atoms with van der Waals surface area (Å²) in [5, 5.41) is 15.9. The van der Waals surface area contributed by atoms with Crippen molar-refractivity contribution < 1.29 is 0 Å². The van der Waals surface area contributed by atoms with E-state index in [0.29, 0.717) is 5.71 Å². The van der Waals surface area contributed by atoms with Gasteiger partial charge in [-0.3, -0.25) is 5.01 Å². The van der Waals surface area contributed by atoms with Gasteiger partial charge in [0.2, 0.25) is 0 Å². The van der Waals surface area contributed by atoms with Crippen LogP contribution < -0.4 is 5.32 Å². The minimum Gasteiger partial charge on any atom is -0.393 e. The topological polar surface area (TPSA) is 51.5 Å². The number of nitrogens with one attached hydrogen (secondary N) is 2. The molecule has 0 saturated heterocycles. The Morgan fingerprint density at radius 1 is 1.47 bits per heavy atom. The van der Waals surface area contributed by atoms with Crippen molar-refractivity contribution in [1.29, 1.82) is 5.41 Å².